The first-order chi connectivity index (χ1) is 6.46. The van der Waals surface area contributed by atoms with E-state index in [4.69, 9.17) is 5.73 Å². The highest BCUT2D eigenvalue weighted by Gasteiger charge is 2.32. The molecule has 1 aliphatic rings. The molecule has 1 saturated carbocycles. The van der Waals surface area contributed by atoms with Crippen molar-refractivity contribution in [1.29, 1.82) is 0 Å². The number of nitrogens with one attached hydrogen (secondary N) is 1. The molecular formula is C11H22N2O. The monoisotopic (exact) mass is 198 g/mol. The molecule has 1 amide bonds. The molecule has 0 heterocycles. The Morgan fingerprint density at radius 3 is 2.57 bits per heavy atom. The van der Waals surface area contributed by atoms with Crippen molar-refractivity contribution < 1.29 is 4.79 Å². The summed E-state index contributed by atoms with van der Waals surface area (Å²) in [5, 5.41) is 3.01. The van der Waals surface area contributed by atoms with Crippen LogP contribution in [0.1, 0.15) is 40.0 Å². The van der Waals surface area contributed by atoms with Gasteiger partial charge < -0.3 is 11.1 Å². The summed E-state index contributed by atoms with van der Waals surface area (Å²) < 4.78 is 0. The van der Waals surface area contributed by atoms with E-state index in [1.807, 2.05) is 13.8 Å². The average molecular weight is 198 g/mol. The van der Waals surface area contributed by atoms with Crippen LogP contribution < -0.4 is 11.1 Å². The molecule has 2 atom stereocenters. The Bertz CT molecular complexity index is 213. The van der Waals surface area contributed by atoms with Crippen LogP contribution in [0.4, 0.5) is 0 Å². The van der Waals surface area contributed by atoms with Gasteiger partial charge in [0.1, 0.15) is 0 Å². The molecule has 0 aromatic rings. The molecule has 0 bridgehead atoms. The minimum Gasteiger partial charge on any atom is -0.350 e. The van der Waals surface area contributed by atoms with Gasteiger partial charge in [-0.3, -0.25) is 4.79 Å². The predicted octanol–water partition coefficient (Wildman–Crippen LogP) is 1.28. The summed E-state index contributed by atoms with van der Waals surface area (Å²) >= 11 is 0. The maximum absolute atomic E-state index is 11.9. The third-order valence-corrected chi connectivity index (χ3v) is 3.17. The van der Waals surface area contributed by atoms with Crippen LogP contribution in [0.2, 0.25) is 0 Å². The number of rotatable bonds is 3. The lowest BCUT2D eigenvalue weighted by atomic mass is 9.95. The van der Waals surface area contributed by atoms with Crippen molar-refractivity contribution in [3.63, 3.8) is 0 Å². The fraction of sp³-hybridized carbons (Fsp3) is 0.909. The normalized spacial score (nSPS) is 27.7. The van der Waals surface area contributed by atoms with E-state index < -0.39 is 0 Å². The number of hydrogen-bond acceptors (Lipinski definition) is 2. The zero-order valence-electron chi connectivity index (χ0n) is 9.47. The Morgan fingerprint density at radius 1 is 1.50 bits per heavy atom. The van der Waals surface area contributed by atoms with Gasteiger partial charge in [-0.05, 0) is 32.6 Å². The van der Waals surface area contributed by atoms with Gasteiger partial charge in [-0.2, -0.15) is 0 Å². The van der Waals surface area contributed by atoms with Crippen molar-refractivity contribution >= 4 is 5.91 Å². The number of nitrogens with two attached hydrogens (primary N) is 1. The fourth-order valence-corrected chi connectivity index (χ4v) is 2.01. The van der Waals surface area contributed by atoms with E-state index in [1.165, 1.54) is 12.8 Å². The highest BCUT2D eigenvalue weighted by Crippen LogP contribution is 2.31. The maximum Gasteiger partial charge on any atom is 0.223 e. The Hall–Kier alpha value is -0.570. The van der Waals surface area contributed by atoms with Crippen LogP contribution in [-0.2, 0) is 4.79 Å². The summed E-state index contributed by atoms with van der Waals surface area (Å²) in [5.74, 6) is 0.926. The van der Waals surface area contributed by atoms with Gasteiger partial charge in [-0.25, -0.2) is 0 Å². The third-order valence-electron chi connectivity index (χ3n) is 3.17. The van der Waals surface area contributed by atoms with E-state index in [-0.39, 0.29) is 17.4 Å². The quantitative estimate of drug-likeness (QED) is 0.717. The van der Waals surface area contributed by atoms with Gasteiger partial charge >= 0.3 is 0 Å². The number of carbonyl (C=O) groups is 1. The summed E-state index contributed by atoms with van der Waals surface area (Å²) in [6.07, 6.45) is 3.40. The Balaban J connectivity index is 2.49. The molecule has 0 aromatic heterocycles. The van der Waals surface area contributed by atoms with Gasteiger partial charge in [0.25, 0.3) is 0 Å². The lowest BCUT2D eigenvalue weighted by molar-refractivity contribution is -0.127. The SMILES string of the molecule is CC1CCCC1C(=O)NC(C)(C)CN. The second kappa shape index (κ2) is 4.30. The van der Waals surface area contributed by atoms with Crippen molar-refractivity contribution in [1.82, 2.24) is 5.32 Å². The van der Waals surface area contributed by atoms with E-state index in [0.717, 1.165) is 6.42 Å². The van der Waals surface area contributed by atoms with E-state index in [9.17, 15) is 4.79 Å². The zero-order chi connectivity index (χ0) is 10.8. The molecular weight excluding hydrogens is 176 g/mol. The van der Waals surface area contributed by atoms with E-state index >= 15 is 0 Å². The lowest BCUT2D eigenvalue weighted by Crippen LogP contribution is -2.51. The van der Waals surface area contributed by atoms with Crippen molar-refractivity contribution in [2.45, 2.75) is 45.6 Å². The summed E-state index contributed by atoms with van der Waals surface area (Å²) in [7, 11) is 0. The molecule has 2 unspecified atom stereocenters. The number of hydrogen-bond donors (Lipinski definition) is 2. The lowest BCUT2D eigenvalue weighted by Gasteiger charge is -2.27. The first-order valence-electron chi connectivity index (χ1n) is 5.48. The van der Waals surface area contributed by atoms with Crippen LogP contribution in [0.3, 0.4) is 0 Å². The molecule has 3 nitrogen and oxygen atoms in total. The van der Waals surface area contributed by atoms with E-state index in [0.29, 0.717) is 12.5 Å². The molecule has 3 N–H and O–H groups in total. The minimum atomic E-state index is -0.264. The molecule has 1 fully saturated rings. The Kier molecular flexibility index (Phi) is 3.53. The van der Waals surface area contributed by atoms with Crippen LogP contribution >= 0.6 is 0 Å². The molecule has 0 aromatic carbocycles. The first-order valence-corrected chi connectivity index (χ1v) is 5.48. The average Bonchev–Trinajstić information content (AvgIpc) is 2.51. The largest absolute Gasteiger partial charge is 0.350 e. The standard InChI is InChI=1S/C11H22N2O/c1-8-5-4-6-9(8)10(14)13-11(2,3)7-12/h8-9H,4-7,12H2,1-3H3,(H,13,14). The topological polar surface area (TPSA) is 55.1 Å². The van der Waals surface area contributed by atoms with Crippen molar-refractivity contribution in [2.75, 3.05) is 6.54 Å². The molecule has 0 radical (unpaired) electrons. The Morgan fingerprint density at radius 2 is 2.14 bits per heavy atom. The Labute approximate surface area is 86.4 Å². The van der Waals surface area contributed by atoms with Gasteiger partial charge in [0.05, 0.1) is 0 Å². The molecule has 1 rings (SSSR count). The molecule has 1 aliphatic carbocycles. The summed E-state index contributed by atoms with van der Waals surface area (Å²) in [5.41, 5.74) is 5.31. The second-order valence-corrected chi connectivity index (χ2v) is 5.09. The zero-order valence-corrected chi connectivity index (χ0v) is 9.47. The van der Waals surface area contributed by atoms with Gasteiger partial charge in [0, 0.05) is 18.0 Å². The summed E-state index contributed by atoms with van der Waals surface area (Å²) in [6, 6.07) is 0. The highest BCUT2D eigenvalue weighted by molar-refractivity contribution is 5.79. The van der Waals surface area contributed by atoms with Gasteiger partial charge in [0.15, 0.2) is 0 Å². The van der Waals surface area contributed by atoms with Crippen LogP contribution in [0.25, 0.3) is 0 Å². The van der Waals surface area contributed by atoms with Crippen molar-refractivity contribution in [2.24, 2.45) is 17.6 Å². The third kappa shape index (κ3) is 2.71. The van der Waals surface area contributed by atoms with E-state index in [2.05, 4.69) is 12.2 Å². The van der Waals surface area contributed by atoms with Crippen molar-refractivity contribution in [3.05, 3.63) is 0 Å². The minimum absolute atomic E-state index is 0.186. The van der Waals surface area contributed by atoms with Gasteiger partial charge in [0.2, 0.25) is 5.91 Å². The molecule has 3 heteroatoms. The predicted molar refractivity (Wildman–Crippen MR) is 57.8 cm³/mol. The second-order valence-electron chi connectivity index (χ2n) is 5.09. The molecule has 14 heavy (non-hydrogen) atoms. The van der Waals surface area contributed by atoms with Crippen molar-refractivity contribution in [3.8, 4) is 0 Å². The van der Waals surface area contributed by atoms with Gasteiger partial charge in [-0.15, -0.1) is 0 Å². The smallest absolute Gasteiger partial charge is 0.223 e. The fourth-order valence-electron chi connectivity index (χ4n) is 2.01. The summed E-state index contributed by atoms with van der Waals surface area (Å²) in [4.78, 5) is 11.9. The van der Waals surface area contributed by atoms with Crippen LogP contribution in [0.5, 0.6) is 0 Å². The van der Waals surface area contributed by atoms with Gasteiger partial charge in [-0.1, -0.05) is 13.3 Å². The molecule has 82 valence electrons. The van der Waals surface area contributed by atoms with E-state index in [1.54, 1.807) is 0 Å². The van der Waals surface area contributed by atoms with Crippen LogP contribution in [-0.4, -0.2) is 18.0 Å². The summed E-state index contributed by atoms with van der Waals surface area (Å²) in [6.45, 7) is 6.57. The molecule has 0 aliphatic heterocycles. The number of carbonyl (C=O) groups excluding carboxylic acids is 1. The number of amides is 1. The molecule has 0 spiro atoms. The maximum atomic E-state index is 11.9. The van der Waals surface area contributed by atoms with Crippen LogP contribution in [0.15, 0.2) is 0 Å². The first kappa shape index (κ1) is 11.5. The van der Waals surface area contributed by atoms with Crippen LogP contribution in [0, 0.1) is 11.8 Å². The molecule has 0 saturated heterocycles. The highest BCUT2D eigenvalue weighted by atomic mass is 16.2.